The average molecular weight is 129 g/mol. The van der Waals surface area contributed by atoms with Crippen molar-refractivity contribution in [1.82, 2.24) is 0 Å². The molecule has 0 aliphatic carbocycles. The van der Waals surface area contributed by atoms with Crippen LogP contribution in [0.1, 0.15) is 20.3 Å². The van der Waals surface area contributed by atoms with Crippen molar-refractivity contribution in [2.45, 2.75) is 20.3 Å². The molecule has 0 bridgehead atoms. The standard InChI is InChI=1S/C6H11NS/c1-5(7-3)4-6(2)8/h4H2,1-3H3. The highest BCUT2D eigenvalue weighted by Crippen LogP contribution is 1.87. The zero-order chi connectivity index (χ0) is 6.57. The molecule has 0 saturated carbocycles. The fourth-order valence-corrected chi connectivity index (χ4v) is 0.648. The van der Waals surface area contributed by atoms with E-state index in [2.05, 4.69) is 4.99 Å². The zero-order valence-electron chi connectivity index (χ0n) is 5.56. The van der Waals surface area contributed by atoms with Gasteiger partial charge in [0.25, 0.3) is 0 Å². The molecule has 0 aromatic heterocycles. The van der Waals surface area contributed by atoms with Crippen LogP contribution >= 0.6 is 12.2 Å². The number of hydrogen-bond acceptors (Lipinski definition) is 2. The summed E-state index contributed by atoms with van der Waals surface area (Å²) in [6.07, 6.45) is 0.867. The predicted molar refractivity (Wildman–Crippen MR) is 41.9 cm³/mol. The Balaban J connectivity index is 3.56. The molecule has 0 fully saturated rings. The summed E-state index contributed by atoms with van der Waals surface area (Å²) in [4.78, 5) is 4.97. The summed E-state index contributed by atoms with van der Waals surface area (Å²) >= 11 is 4.86. The molecule has 0 radical (unpaired) electrons. The van der Waals surface area contributed by atoms with Crippen LogP contribution in [0.15, 0.2) is 4.99 Å². The second kappa shape index (κ2) is 3.72. The molecule has 0 aromatic carbocycles. The van der Waals surface area contributed by atoms with Crippen molar-refractivity contribution in [3.63, 3.8) is 0 Å². The lowest BCUT2D eigenvalue weighted by atomic mass is 10.2. The second-order valence-corrected chi connectivity index (χ2v) is 2.53. The number of hydrogen-bond donors (Lipinski definition) is 0. The Morgan fingerprint density at radius 3 is 2.12 bits per heavy atom. The van der Waals surface area contributed by atoms with Crippen molar-refractivity contribution in [3.8, 4) is 0 Å². The van der Waals surface area contributed by atoms with Gasteiger partial charge in [-0.1, -0.05) is 12.2 Å². The largest absolute Gasteiger partial charge is 0.297 e. The Morgan fingerprint density at radius 1 is 1.50 bits per heavy atom. The van der Waals surface area contributed by atoms with Crippen molar-refractivity contribution in [1.29, 1.82) is 0 Å². The lowest BCUT2D eigenvalue weighted by Crippen LogP contribution is -1.96. The molecule has 0 rings (SSSR count). The van der Waals surface area contributed by atoms with Crippen molar-refractivity contribution in [2.75, 3.05) is 7.05 Å². The van der Waals surface area contributed by atoms with Gasteiger partial charge in [-0.3, -0.25) is 4.99 Å². The molecule has 0 N–H and O–H groups in total. The molecule has 0 unspecified atom stereocenters. The minimum absolute atomic E-state index is 0.867. The monoisotopic (exact) mass is 129 g/mol. The van der Waals surface area contributed by atoms with Gasteiger partial charge in [-0.15, -0.1) is 0 Å². The summed E-state index contributed by atoms with van der Waals surface area (Å²) in [6, 6.07) is 0. The van der Waals surface area contributed by atoms with Gasteiger partial charge in [-0.05, 0) is 18.7 Å². The van der Waals surface area contributed by atoms with Gasteiger partial charge in [0, 0.05) is 19.2 Å². The lowest BCUT2D eigenvalue weighted by Gasteiger charge is -1.92. The summed E-state index contributed by atoms with van der Waals surface area (Å²) in [5, 5.41) is 0. The average Bonchev–Trinajstić information content (AvgIpc) is 1.65. The van der Waals surface area contributed by atoms with Gasteiger partial charge in [0.15, 0.2) is 0 Å². The Morgan fingerprint density at radius 2 is 2.00 bits per heavy atom. The first-order valence-electron chi connectivity index (χ1n) is 2.58. The number of aliphatic imine (C=N–C) groups is 1. The summed E-state index contributed by atoms with van der Waals surface area (Å²) in [5.41, 5.74) is 1.11. The molecule has 0 aliphatic rings. The fourth-order valence-electron chi connectivity index (χ4n) is 0.439. The highest BCUT2D eigenvalue weighted by molar-refractivity contribution is 7.80. The van der Waals surface area contributed by atoms with Gasteiger partial charge in [0.05, 0.1) is 0 Å². The molecular formula is C6H11NS. The van der Waals surface area contributed by atoms with Crippen LogP contribution in [0.5, 0.6) is 0 Å². The van der Waals surface area contributed by atoms with Gasteiger partial charge in [0.1, 0.15) is 0 Å². The molecule has 2 heteroatoms. The lowest BCUT2D eigenvalue weighted by molar-refractivity contribution is 1.37. The van der Waals surface area contributed by atoms with E-state index in [-0.39, 0.29) is 0 Å². The summed E-state index contributed by atoms with van der Waals surface area (Å²) in [5.74, 6) is 0. The molecule has 0 amide bonds. The summed E-state index contributed by atoms with van der Waals surface area (Å²) < 4.78 is 0. The van der Waals surface area contributed by atoms with Gasteiger partial charge in [0.2, 0.25) is 0 Å². The maximum absolute atomic E-state index is 4.86. The van der Waals surface area contributed by atoms with E-state index in [1.54, 1.807) is 7.05 Å². The summed E-state index contributed by atoms with van der Waals surface area (Å²) in [7, 11) is 1.79. The Hall–Kier alpha value is -0.240. The quantitative estimate of drug-likeness (QED) is 0.409. The van der Waals surface area contributed by atoms with Crippen molar-refractivity contribution in [2.24, 2.45) is 4.99 Å². The molecule has 8 heavy (non-hydrogen) atoms. The third-order valence-electron chi connectivity index (χ3n) is 0.886. The SMILES string of the molecule is CN=C(C)CC(C)=S. The highest BCUT2D eigenvalue weighted by Gasteiger charge is 1.88. The first-order valence-corrected chi connectivity index (χ1v) is 2.99. The Kier molecular flexibility index (Phi) is 3.61. The van der Waals surface area contributed by atoms with Gasteiger partial charge in [-0.25, -0.2) is 0 Å². The molecule has 0 heterocycles. The van der Waals surface area contributed by atoms with Crippen LogP contribution < -0.4 is 0 Å². The van der Waals surface area contributed by atoms with E-state index in [9.17, 15) is 0 Å². The second-order valence-electron chi connectivity index (χ2n) is 1.84. The third-order valence-corrected chi connectivity index (χ3v) is 1.03. The van der Waals surface area contributed by atoms with E-state index in [0.717, 1.165) is 17.0 Å². The minimum atomic E-state index is 0.867. The van der Waals surface area contributed by atoms with Gasteiger partial charge in [-0.2, -0.15) is 0 Å². The number of nitrogens with zero attached hydrogens (tertiary/aromatic N) is 1. The molecule has 1 nitrogen and oxygen atoms in total. The number of thiocarbonyl (C=S) groups is 1. The smallest absolute Gasteiger partial charge is 0.0276 e. The van der Waals surface area contributed by atoms with Crippen LogP contribution in [0.2, 0.25) is 0 Å². The molecule has 0 aliphatic heterocycles. The fraction of sp³-hybridized carbons (Fsp3) is 0.667. The minimum Gasteiger partial charge on any atom is -0.297 e. The van der Waals surface area contributed by atoms with Gasteiger partial charge < -0.3 is 0 Å². The number of rotatable bonds is 2. The molecule has 0 atom stereocenters. The Labute approximate surface area is 55.8 Å². The normalized spacial score (nSPS) is 11.6. The van der Waals surface area contributed by atoms with Crippen molar-refractivity contribution < 1.29 is 0 Å². The van der Waals surface area contributed by atoms with Crippen LogP contribution in [-0.2, 0) is 0 Å². The predicted octanol–water partition coefficient (Wildman–Crippen LogP) is 1.86. The maximum Gasteiger partial charge on any atom is 0.0276 e. The molecule has 0 spiro atoms. The molecule has 0 saturated heterocycles. The maximum atomic E-state index is 4.86. The first-order chi connectivity index (χ1) is 3.66. The van der Waals surface area contributed by atoms with E-state index in [4.69, 9.17) is 12.2 Å². The summed E-state index contributed by atoms with van der Waals surface area (Å²) in [6.45, 7) is 3.92. The van der Waals surface area contributed by atoms with Crippen LogP contribution in [0.3, 0.4) is 0 Å². The van der Waals surface area contributed by atoms with Crippen LogP contribution in [0.25, 0.3) is 0 Å². The zero-order valence-corrected chi connectivity index (χ0v) is 6.38. The van der Waals surface area contributed by atoms with Crippen molar-refractivity contribution >= 4 is 22.8 Å². The first kappa shape index (κ1) is 7.76. The highest BCUT2D eigenvalue weighted by atomic mass is 32.1. The van der Waals surface area contributed by atoms with E-state index >= 15 is 0 Å². The molecule has 0 aromatic rings. The van der Waals surface area contributed by atoms with Crippen LogP contribution in [0, 0.1) is 0 Å². The topological polar surface area (TPSA) is 12.4 Å². The van der Waals surface area contributed by atoms with Crippen LogP contribution in [0.4, 0.5) is 0 Å². The van der Waals surface area contributed by atoms with E-state index in [1.165, 1.54) is 0 Å². The Bertz CT molecular complexity index is 116. The molecule has 46 valence electrons. The van der Waals surface area contributed by atoms with E-state index in [1.807, 2.05) is 13.8 Å². The molecular weight excluding hydrogens is 118 g/mol. The third kappa shape index (κ3) is 3.93. The van der Waals surface area contributed by atoms with E-state index in [0.29, 0.717) is 0 Å². The van der Waals surface area contributed by atoms with Gasteiger partial charge >= 0.3 is 0 Å². The van der Waals surface area contributed by atoms with Crippen LogP contribution in [-0.4, -0.2) is 17.6 Å². The van der Waals surface area contributed by atoms with Crippen molar-refractivity contribution in [3.05, 3.63) is 0 Å². The van der Waals surface area contributed by atoms with E-state index < -0.39 is 0 Å².